The summed E-state index contributed by atoms with van der Waals surface area (Å²) in [5, 5.41) is 8.52. The largest absolute Gasteiger partial charge is 0.456 e. The minimum atomic E-state index is 0.897. The number of para-hydroxylation sites is 1. The fourth-order valence-corrected chi connectivity index (χ4v) is 9.13. The van der Waals surface area contributed by atoms with Crippen molar-refractivity contribution < 1.29 is 8.83 Å². The second-order valence-electron chi connectivity index (χ2n) is 13.8. The number of benzene rings is 6. The first kappa shape index (κ1) is 26.0. The summed E-state index contributed by atoms with van der Waals surface area (Å²) in [6.45, 7) is 0. The molecule has 0 unspecified atom stereocenters. The van der Waals surface area contributed by atoms with Crippen LogP contribution >= 0.6 is 0 Å². The van der Waals surface area contributed by atoms with E-state index in [1.54, 1.807) is 0 Å². The van der Waals surface area contributed by atoms with Gasteiger partial charge in [0.1, 0.15) is 16.7 Å². The normalized spacial score (nSPS) is 15.2. The van der Waals surface area contributed by atoms with Gasteiger partial charge in [-0.05, 0) is 124 Å². The van der Waals surface area contributed by atoms with E-state index in [9.17, 15) is 0 Å². The number of aromatic nitrogens is 1. The molecule has 3 nitrogen and oxygen atoms in total. The van der Waals surface area contributed by atoms with Crippen LogP contribution in [0.5, 0.6) is 0 Å². The zero-order chi connectivity index (χ0) is 31.8. The van der Waals surface area contributed by atoms with Crippen LogP contribution in [-0.2, 0) is 6.42 Å². The van der Waals surface area contributed by atoms with Gasteiger partial charge in [0.05, 0.1) is 5.52 Å². The smallest absolute Gasteiger partial charge is 0.160 e. The maximum Gasteiger partial charge on any atom is 0.160 e. The Morgan fingerprint density at radius 2 is 1.29 bits per heavy atom. The fraction of sp³-hybridized carbons (Fsp3) is 0.0870. The van der Waals surface area contributed by atoms with E-state index in [2.05, 4.69) is 126 Å². The van der Waals surface area contributed by atoms with Crippen molar-refractivity contribution in [2.75, 3.05) is 0 Å². The summed E-state index contributed by atoms with van der Waals surface area (Å²) in [6.07, 6.45) is 13.7. The Hall–Kier alpha value is -6.06. The number of aryl methyl sites for hydroxylation is 1. The lowest BCUT2D eigenvalue weighted by Crippen LogP contribution is -2.00. The Morgan fingerprint density at radius 1 is 0.531 bits per heavy atom. The maximum absolute atomic E-state index is 6.63. The van der Waals surface area contributed by atoms with Crippen molar-refractivity contribution in [2.24, 2.45) is 0 Å². The van der Waals surface area contributed by atoms with E-state index in [0.29, 0.717) is 0 Å². The van der Waals surface area contributed by atoms with Gasteiger partial charge in [0.2, 0.25) is 0 Å². The summed E-state index contributed by atoms with van der Waals surface area (Å²) < 4.78 is 15.5. The second kappa shape index (κ2) is 9.30. The molecule has 3 aliphatic carbocycles. The Bertz CT molecular complexity index is 3020. The van der Waals surface area contributed by atoms with E-state index in [1.807, 2.05) is 6.07 Å². The van der Waals surface area contributed by atoms with Gasteiger partial charge in [-0.25, -0.2) is 0 Å². The summed E-state index contributed by atoms with van der Waals surface area (Å²) in [6, 6.07) is 37.7. The first-order chi connectivity index (χ1) is 24.3. The zero-order valence-corrected chi connectivity index (χ0v) is 26.7. The van der Waals surface area contributed by atoms with Gasteiger partial charge in [0.15, 0.2) is 5.58 Å². The molecule has 0 spiro atoms. The van der Waals surface area contributed by atoms with Crippen molar-refractivity contribution >= 4 is 82.8 Å². The highest BCUT2D eigenvalue weighted by atomic mass is 16.3. The molecule has 3 heterocycles. The molecule has 3 aliphatic rings. The standard InChI is InChI=1S/C46H29NO2/c1-2-9-30-29(8-1)34-13-7-12-33-28(18-19-35(30)44(33)34)26-16-22-42-38(24-26)39-25-27(17-23-43(39)48-42)47-40-14-5-3-10-31(40)36-20-21-37-32-11-4-6-15-41(32)49-46(37)45(36)47/h4-9,11-25H,1-3,10H2. The van der Waals surface area contributed by atoms with Gasteiger partial charge >= 0.3 is 0 Å². The third-order valence-electron chi connectivity index (χ3n) is 11.3. The number of nitrogens with zero attached hydrogens (tertiary/aromatic N) is 1. The van der Waals surface area contributed by atoms with Crippen LogP contribution in [0.1, 0.15) is 41.6 Å². The van der Waals surface area contributed by atoms with Crippen molar-refractivity contribution in [1.82, 2.24) is 4.57 Å². The summed E-state index contributed by atoms with van der Waals surface area (Å²) in [5.74, 6) is 0. The number of hydrogen-bond donors (Lipinski definition) is 0. The summed E-state index contributed by atoms with van der Waals surface area (Å²) >= 11 is 0. The molecular formula is C46H29NO2. The van der Waals surface area contributed by atoms with Crippen molar-refractivity contribution in [2.45, 2.75) is 25.7 Å². The molecule has 0 radical (unpaired) electrons. The molecule has 12 rings (SSSR count). The van der Waals surface area contributed by atoms with Gasteiger partial charge in [0.25, 0.3) is 0 Å². The molecule has 0 aliphatic heterocycles. The van der Waals surface area contributed by atoms with Crippen LogP contribution in [0.25, 0.3) is 99.6 Å². The van der Waals surface area contributed by atoms with Crippen LogP contribution in [0.3, 0.4) is 0 Å². The highest BCUT2D eigenvalue weighted by molar-refractivity contribution is 6.24. The molecule has 0 N–H and O–H groups in total. The number of furan rings is 2. The quantitative estimate of drug-likeness (QED) is 0.191. The molecule has 9 aromatic rings. The van der Waals surface area contributed by atoms with Crippen molar-refractivity contribution in [3.05, 3.63) is 144 Å². The molecular weight excluding hydrogens is 599 g/mol. The predicted molar refractivity (Wildman–Crippen MR) is 203 cm³/mol. The van der Waals surface area contributed by atoms with E-state index >= 15 is 0 Å². The molecule has 3 aromatic heterocycles. The lowest BCUT2D eigenvalue weighted by atomic mass is 9.94. The van der Waals surface area contributed by atoms with Gasteiger partial charge in [-0.3, -0.25) is 0 Å². The number of hydrogen-bond acceptors (Lipinski definition) is 2. The summed E-state index contributed by atoms with van der Waals surface area (Å²) in [4.78, 5) is 0. The molecule has 6 aromatic carbocycles. The zero-order valence-electron chi connectivity index (χ0n) is 26.7. The highest BCUT2D eigenvalue weighted by Gasteiger charge is 2.27. The average Bonchev–Trinajstić information content (AvgIpc) is 3.90. The van der Waals surface area contributed by atoms with Gasteiger partial charge in [-0.1, -0.05) is 78.9 Å². The van der Waals surface area contributed by atoms with Crippen LogP contribution < -0.4 is 0 Å². The van der Waals surface area contributed by atoms with E-state index in [0.717, 1.165) is 80.8 Å². The Labute approximate surface area is 281 Å². The van der Waals surface area contributed by atoms with Crippen LogP contribution in [0, 0.1) is 0 Å². The van der Waals surface area contributed by atoms with Gasteiger partial charge in [0, 0.05) is 38.3 Å². The minimum absolute atomic E-state index is 0.897. The van der Waals surface area contributed by atoms with Gasteiger partial charge in [-0.15, -0.1) is 0 Å². The number of fused-ring (bicyclic) bond motifs is 13. The van der Waals surface area contributed by atoms with Crippen LogP contribution in [-0.4, -0.2) is 4.57 Å². The van der Waals surface area contributed by atoms with Crippen LogP contribution in [0.2, 0.25) is 0 Å². The topological polar surface area (TPSA) is 31.2 Å². The van der Waals surface area contributed by atoms with Crippen LogP contribution in [0.15, 0.2) is 130 Å². The van der Waals surface area contributed by atoms with E-state index < -0.39 is 0 Å². The highest BCUT2D eigenvalue weighted by Crippen LogP contribution is 2.50. The summed E-state index contributed by atoms with van der Waals surface area (Å²) in [7, 11) is 0. The third-order valence-corrected chi connectivity index (χ3v) is 11.3. The second-order valence-corrected chi connectivity index (χ2v) is 13.8. The van der Waals surface area contributed by atoms with Crippen LogP contribution in [0.4, 0.5) is 0 Å². The Kier molecular flexibility index (Phi) is 4.93. The fourth-order valence-electron chi connectivity index (χ4n) is 9.13. The molecule has 230 valence electrons. The third kappa shape index (κ3) is 3.37. The van der Waals surface area contributed by atoms with Crippen molar-refractivity contribution in [3.8, 4) is 16.8 Å². The Morgan fingerprint density at radius 3 is 2.20 bits per heavy atom. The maximum atomic E-state index is 6.63. The molecule has 49 heavy (non-hydrogen) atoms. The lowest BCUT2D eigenvalue weighted by molar-refractivity contribution is 0.669. The first-order valence-electron chi connectivity index (χ1n) is 17.4. The predicted octanol–water partition coefficient (Wildman–Crippen LogP) is 12.8. The van der Waals surface area contributed by atoms with E-state index in [1.165, 1.54) is 60.8 Å². The van der Waals surface area contributed by atoms with E-state index in [4.69, 9.17) is 8.83 Å². The Balaban J connectivity index is 1.09. The monoisotopic (exact) mass is 627 g/mol. The molecule has 0 fully saturated rings. The lowest BCUT2D eigenvalue weighted by Gasteiger charge is -2.12. The molecule has 0 atom stereocenters. The molecule has 0 saturated carbocycles. The van der Waals surface area contributed by atoms with E-state index in [-0.39, 0.29) is 0 Å². The molecule has 0 saturated heterocycles. The average molecular weight is 628 g/mol. The first-order valence-corrected chi connectivity index (χ1v) is 17.4. The SMILES string of the molecule is C1=Cc2c(c3ccc4c5ccccc5oc4c3n2-c2ccc3oc4ccc(-c5ccc6c7c(cccc57)C5=CCCC=C56)cc4c3c2)CC1. The van der Waals surface area contributed by atoms with Crippen molar-refractivity contribution in [3.63, 3.8) is 0 Å². The minimum Gasteiger partial charge on any atom is -0.456 e. The summed E-state index contributed by atoms with van der Waals surface area (Å²) in [5.41, 5.74) is 16.6. The van der Waals surface area contributed by atoms with Crippen molar-refractivity contribution in [1.29, 1.82) is 0 Å². The van der Waals surface area contributed by atoms with Gasteiger partial charge < -0.3 is 13.4 Å². The number of rotatable bonds is 2. The molecule has 0 bridgehead atoms. The molecule has 3 heteroatoms. The van der Waals surface area contributed by atoms with Gasteiger partial charge in [-0.2, -0.15) is 0 Å². The number of allylic oxidation sites excluding steroid dienone is 5. The molecule has 0 amide bonds.